The molecule has 0 aliphatic heterocycles. The number of rotatable bonds is 12. The highest BCUT2D eigenvalue weighted by Gasteiger charge is 2.21. The van der Waals surface area contributed by atoms with Crippen LogP contribution in [0.25, 0.3) is 11.1 Å². The molecule has 0 bridgehead atoms. The summed E-state index contributed by atoms with van der Waals surface area (Å²) >= 11 is 1.41. The maximum absolute atomic E-state index is 12.9. The summed E-state index contributed by atoms with van der Waals surface area (Å²) in [6, 6.07) is 18.1. The lowest BCUT2D eigenvalue weighted by molar-refractivity contribution is -0.126. The molecule has 0 saturated heterocycles. The zero-order chi connectivity index (χ0) is 24.5. The van der Waals surface area contributed by atoms with Crippen LogP contribution in [0.15, 0.2) is 71.5 Å². The van der Waals surface area contributed by atoms with Crippen LogP contribution in [0.5, 0.6) is 5.75 Å². The van der Waals surface area contributed by atoms with E-state index in [0.29, 0.717) is 36.4 Å². The quantitative estimate of drug-likeness (QED) is 0.325. The summed E-state index contributed by atoms with van der Waals surface area (Å²) in [7, 11) is 1.67. The predicted octanol–water partition coefficient (Wildman–Crippen LogP) is 5.18. The number of methoxy groups -OCH3 is 1. The molecular weight excluding hydrogens is 460 g/mol. The Labute approximate surface area is 211 Å². The average molecular weight is 493 g/mol. The van der Waals surface area contributed by atoms with Gasteiger partial charge in [-0.05, 0) is 37.8 Å². The Morgan fingerprint density at radius 1 is 1.11 bits per heavy atom. The van der Waals surface area contributed by atoms with Gasteiger partial charge >= 0.3 is 0 Å². The number of nitrogens with zero attached hydrogens (tertiary/aromatic N) is 4. The first kappa shape index (κ1) is 25.0. The molecule has 0 saturated carbocycles. The number of allylic oxidation sites excluding steroid dienone is 2. The molecule has 1 amide bonds. The zero-order valence-corrected chi connectivity index (χ0v) is 21.2. The van der Waals surface area contributed by atoms with Crippen molar-refractivity contribution < 1.29 is 14.3 Å². The van der Waals surface area contributed by atoms with Gasteiger partial charge in [-0.15, -0.1) is 10.2 Å². The molecule has 1 aromatic heterocycles. The van der Waals surface area contributed by atoms with Gasteiger partial charge in [0.1, 0.15) is 12.4 Å². The van der Waals surface area contributed by atoms with E-state index in [0.717, 1.165) is 41.8 Å². The minimum Gasteiger partial charge on any atom is -0.485 e. The van der Waals surface area contributed by atoms with Gasteiger partial charge in [0.25, 0.3) is 0 Å². The van der Waals surface area contributed by atoms with Gasteiger partial charge in [-0.1, -0.05) is 66.4 Å². The van der Waals surface area contributed by atoms with Crippen molar-refractivity contribution in [2.24, 2.45) is 0 Å². The molecule has 3 aromatic rings. The molecule has 0 N–H and O–H groups in total. The molecule has 0 spiro atoms. The third kappa shape index (κ3) is 6.32. The van der Waals surface area contributed by atoms with E-state index in [2.05, 4.69) is 28.4 Å². The van der Waals surface area contributed by atoms with Crippen LogP contribution in [-0.2, 0) is 22.7 Å². The van der Waals surface area contributed by atoms with Crippen LogP contribution >= 0.6 is 11.8 Å². The van der Waals surface area contributed by atoms with Gasteiger partial charge < -0.3 is 18.9 Å². The van der Waals surface area contributed by atoms with Crippen LogP contribution in [0.2, 0.25) is 0 Å². The summed E-state index contributed by atoms with van der Waals surface area (Å²) in [5.74, 6) is 1.90. The molecule has 8 heteroatoms. The molecule has 4 rings (SSSR count). The molecule has 0 unspecified atom stereocenters. The Balaban J connectivity index is 1.46. The lowest BCUT2D eigenvalue weighted by atomic mass is 10.1. The molecule has 2 aromatic carbocycles. The maximum Gasteiger partial charge on any atom is 0.237 e. The monoisotopic (exact) mass is 492 g/mol. The van der Waals surface area contributed by atoms with Crippen LogP contribution in [0.1, 0.15) is 32.0 Å². The molecule has 7 nitrogen and oxygen atoms in total. The molecule has 35 heavy (non-hydrogen) atoms. The number of carbonyl (C=O) groups excluding carboxylic acids is 1. The number of aromatic nitrogens is 3. The standard InChI is InChI=1S/C27H32N4O3S/c1-3-30(22-13-7-8-14-22)26(32)20-35-27-29-28-25(31(27)17-18-33-2)19-34-24-16-10-9-15-23(24)21-11-5-4-6-12-21/h4-6,9-13,15-16H,3,7-8,14,17-20H2,1-2H3. The van der Waals surface area contributed by atoms with Crippen molar-refractivity contribution in [3.8, 4) is 16.9 Å². The van der Waals surface area contributed by atoms with Crippen molar-refractivity contribution in [3.63, 3.8) is 0 Å². The van der Waals surface area contributed by atoms with Crippen LogP contribution in [0, 0.1) is 0 Å². The van der Waals surface area contributed by atoms with Crippen molar-refractivity contribution in [2.45, 2.75) is 44.5 Å². The van der Waals surface area contributed by atoms with Gasteiger partial charge in [0, 0.05) is 31.5 Å². The van der Waals surface area contributed by atoms with E-state index >= 15 is 0 Å². The number of para-hydroxylation sites is 1. The number of ether oxygens (including phenoxy) is 2. The predicted molar refractivity (Wildman–Crippen MR) is 138 cm³/mol. The Kier molecular flexibility index (Phi) is 8.97. The number of amides is 1. The Bertz CT molecular complexity index is 1150. The number of thioether (sulfide) groups is 1. The van der Waals surface area contributed by atoms with Crippen LogP contribution < -0.4 is 4.74 Å². The average Bonchev–Trinajstić information content (AvgIpc) is 3.56. The highest BCUT2D eigenvalue weighted by atomic mass is 32.2. The third-order valence-electron chi connectivity index (χ3n) is 5.95. The third-order valence-corrected chi connectivity index (χ3v) is 6.90. The number of hydrogen-bond acceptors (Lipinski definition) is 6. The van der Waals surface area contributed by atoms with Gasteiger partial charge in [0.15, 0.2) is 11.0 Å². The first-order valence-corrected chi connectivity index (χ1v) is 13.0. The Morgan fingerprint density at radius 2 is 1.91 bits per heavy atom. The second kappa shape index (κ2) is 12.6. The molecule has 0 radical (unpaired) electrons. The van der Waals surface area contributed by atoms with E-state index in [1.807, 2.05) is 58.9 Å². The van der Waals surface area contributed by atoms with E-state index in [-0.39, 0.29) is 12.5 Å². The molecule has 0 atom stereocenters. The van der Waals surface area contributed by atoms with Crippen molar-refractivity contribution in [2.75, 3.05) is 26.0 Å². The fourth-order valence-corrected chi connectivity index (χ4v) is 5.03. The van der Waals surface area contributed by atoms with Crippen molar-refractivity contribution in [1.82, 2.24) is 19.7 Å². The number of hydrogen-bond donors (Lipinski definition) is 0. The van der Waals surface area contributed by atoms with E-state index in [1.54, 1.807) is 7.11 Å². The normalized spacial score (nSPS) is 13.0. The molecule has 0 fully saturated rings. The summed E-state index contributed by atoms with van der Waals surface area (Å²) in [4.78, 5) is 14.8. The summed E-state index contributed by atoms with van der Waals surface area (Å²) in [5.41, 5.74) is 3.26. The second-order valence-electron chi connectivity index (χ2n) is 8.21. The second-order valence-corrected chi connectivity index (χ2v) is 9.15. The maximum atomic E-state index is 12.9. The lowest BCUT2D eigenvalue weighted by Gasteiger charge is -2.22. The fraction of sp³-hybridized carbons (Fsp3) is 0.370. The van der Waals surface area contributed by atoms with Crippen LogP contribution in [0.4, 0.5) is 0 Å². The van der Waals surface area contributed by atoms with Crippen molar-refractivity contribution in [3.05, 3.63) is 72.2 Å². The minimum absolute atomic E-state index is 0.0986. The smallest absolute Gasteiger partial charge is 0.237 e. The van der Waals surface area contributed by atoms with Gasteiger partial charge in [0.2, 0.25) is 5.91 Å². The largest absolute Gasteiger partial charge is 0.485 e. The van der Waals surface area contributed by atoms with Gasteiger partial charge in [-0.3, -0.25) is 4.79 Å². The minimum atomic E-state index is 0.0986. The Morgan fingerprint density at radius 3 is 2.66 bits per heavy atom. The highest BCUT2D eigenvalue weighted by molar-refractivity contribution is 7.99. The summed E-state index contributed by atoms with van der Waals surface area (Å²) in [5, 5.41) is 9.45. The fourth-order valence-electron chi connectivity index (χ4n) is 4.17. The summed E-state index contributed by atoms with van der Waals surface area (Å²) < 4.78 is 13.5. The summed E-state index contributed by atoms with van der Waals surface area (Å²) in [6.45, 7) is 4.07. The topological polar surface area (TPSA) is 69.5 Å². The van der Waals surface area contributed by atoms with Crippen molar-refractivity contribution in [1.29, 1.82) is 0 Å². The SMILES string of the molecule is CCN(C(=O)CSc1nnc(COc2ccccc2-c2ccccc2)n1CCOC)C1=CCCC1. The number of carbonyl (C=O) groups is 1. The molecule has 1 aliphatic carbocycles. The van der Waals surface area contributed by atoms with E-state index < -0.39 is 0 Å². The highest BCUT2D eigenvalue weighted by Crippen LogP contribution is 2.30. The molecule has 184 valence electrons. The van der Waals surface area contributed by atoms with Crippen LogP contribution in [0.3, 0.4) is 0 Å². The van der Waals surface area contributed by atoms with E-state index in [4.69, 9.17) is 9.47 Å². The lowest BCUT2D eigenvalue weighted by Crippen LogP contribution is -2.31. The van der Waals surface area contributed by atoms with E-state index in [9.17, 15) is 4.79 Å². The zero-order valence-electron chi connectivity index (χ0n) is 20.4. The summed E-state index contributed by atoms with van der Waals surface area (Å²) in [6.07, 6.45) is 5.32. The molecule has 1 aliphatic rings. The number of benzene rings is 2. The van der Waals surface area contributed by atoms with Crippen molar-refractivity contribution >= 4 is 17.7 Å². The van der Waals surface area contributed by atoms with Gasteiger partial charge in [-0.25, -0.2) is 0 Å². The first-order chi connectivity index (χ1) is 17.2. The first-order valence-electron chi connectivity index (χ1n) is 12.0. The van der Waals surface area contributed by atoms with Gasteiger partial charge in [0.05, 0.1) is 12.4 Å². The molecular formula is C27H32N4O3S. The van der Waals surface area contributed by atoms with E-state index in [1.165, 1.54) is 11.8 Å². The van der Waals surface area contributed by atoms with Gasteiger partial charge in [-0.2, -0.15) is 0 Å². The van der Waals surface area contributed by atoms with Crippen LogP contribution in [-0.4, -0.2) is 51.6 Å². The molecule has 1 heterocycles. The Hall–Kier alpha value is -3.10.